The van der Waals surface area contributed by atoms with E-state index in [-0.39, 0.29) is 42.4 Å². The van der Waals surface area contributed by atoms with Crippen LogP contribution in [0.4, 0.5) is 9.18 Å². The molecule has 2 aliphatic heterocycles. The van der Waals surface area contributed by atoms with Crippen LogP contribution in [0.1, 0.15) is 52.0 Å². The van der Waals surface area contributed by atoms with Gasteiger partial charge in [0.1, 0.15) is 11.4 Å². The maximum absolute atomic E-state index is 13.0. The zero-order valence-corrected chi connectivity index (χ0v) is 15.6. The van der Waals surface area contributed by atoms with Crippen LogP contribution < -0.4 is 5.32 Å². The SMILES string of the molecule is CC(C)(C)OC(=O)N1C2CCC1CC(NC(=O)Cc1ccc(F)cc1)C2. The standard InChI is InChI=1S/C20H27FN2O3/c1-20(2,3)26-19(25)23-16-8-9-17(23)12-15(11-16)22-18(24)10-13-4-6-14(21)7-5-13/h4-7,15-17H,8-12H2,1-3H3,(H,22,24). The minimum atomic E-state index is -0.503. The summed E-state index contributed by atoms with van der Waals surface area (Å²) in [6, 6.07) is 6.30. The van der Waals surface area contributed by atoms with Gasteiger partial charge in [-0.25, -0.2) is 9.18 Å². The topological polar surface area (TPSA) is 58.6 Å². The Kier molecular flexibility index (Phi) is 5.21. The number of fused-ring (bicyclic) bond motifs is 2. The molecule has 2 aliphatic rings. The number of nitrogens with one attached hydrogen (secondary N) is 1. The zero-order valence-electron chi connectivity index (χ0n) is 15.6. The van der Waals surface area contributed by atoms with Gasteiger partial charge in [-0.3, -0.25) is 4.79 Å². The second-order valence-electron chi connectivity index (χ2n) is 8.31. The van der Waals surface area contributed by atoms with Crippen molar-refractivity contribution in [2.24, 2.45) is 0 Å². The molecule has 5 nitrogen and oxygen atoms in total. The number of halogens is 1. The molecule has 2 heterocycles. The molecule has 0 aromatic heterocycles. The fraction of sp³-hybridized carbons (Fsp3) is 0.600. The molecular formula is C20H27FN2O3. The summed E-state index contributed by atoms with van der Waals surface area (Å²) in [7, 11) is 0. The number of carbonyl (C=O) groups is 2. The molecule has 2 unspecified atom stereocenters. The van der Waals surface area contributed by atoms with Gasteiger partial charge in [0.25, 0.3) is 0 Å². The summed E-state index contributed by atoms with van der Waals surface area (Å²) in [6.07, 6.45) is 3.40. The third-order valence-corrected chi connectivity index (χ3v) is 4.98. The molecule has 2 saturated heterocycles. The Hall–Kier alpha value is -2.11. The van der Waals surface area contributed by atoms with Gasteiger partial charge in [0, 0.05) is 18.1 Å². The largest absolute Gasteiger partial charge is 0.444 e. The van der Waals surface area contributed by atoms with Gasteiger partial charge in [0.05, 0.1) is 6.42 Å². The van der Waals surface area contributed by atoms with Crippen LogP contribution in [-0.2, 0) is 16.0 Å². The third kappa shape index (κ3) is 4.54. The van der Waals surface area contributed by atoms with E-state index in [0.29, 0.717) is 0 Å². The predicted molar refractivity (Wildman–Crippen MR) is 96.2 cm³/mol. The lowest BCUT2D eigenvalue weighted by molar-refractivity contribution is -0.121. The molecule has 26 heavy (non-hydrogen) atoms. The number of benzene rings is 1. The number of hydrogen-bond donors (Lipinski definition) is 1. The van der Waals surface area contributed by atoms with Crippen molar-refractivity contribution >= 4 is 12.0 Å². The molecule has 2 bridgehead atoms. The van der Waals surface area contributed by atoms with Crippen LogP contribution in [0.15, 0.2) is 24.3 Å². The molecule has 2 fully saturated rings. The van der Waals surface area contributed by atoms with Crippen molar-refractivity contribution in [1.82, 2.24) is 10.2 Å². The van der Waals surface area contributed by atoms with E-state index in [1.165, 1.54) is 12.1 Å². The minimum absolute atomic E-state index is 0.0632. The lowest BCUT2D eigenvalue weighted by atomic mass is 9.97. The van der Waals surface area contributed by atoms with Crippen LogP contribution in [0.3, 0.4) is 0 Å². The van der Waals surface area contributed by atoms with Crippen molar-refractivity contribution in [1.29, 1.82) is 0 Å². The molecule has 0 saturated carbocycles. The average molecular weight is 362 g/mol. The number of carbonyl (C=O) groups excluding carboxylic acids is 2. The van der Waals surface area contributed by atoms with Crippen LogP contribution in [0.2, 0.25) is 0 Å². The van der Waals surface area contributed by atoms with Gasteiger partial charge in [0.15, 0.2) is 0 Å². The fourth-order valence-corrected chi connectivity index (χ4v) is 3.97. The Bertz CT molecular complexity index is 655. The van der Waals surface area contributed by atoms with Crippen molar-refractivity contribution in [2.45, 2.75) is 76.6 Å². The summed E-state index contributed by atoms with van der Waals surface area (Å²) in [5.41, 5.74) is 0.287. The summed E-state index contributed by atoms with van der Waals surface area (Å²) in [5.74, 6) is -0.369. The summed E-state index contributed by atoms with van der Waals surface area (Å²) >= 11 is 0. The predicted octanol–water partition coefficient (Wildman–Crippen LogP) is 3.41. The van der Waals surface area contributed by atoms with E-state index >= 15 is 0 Å². The summed E-state index contributed by atoms with van der Waals surface area (Å²) in [4.78, 5) is 26.6. The number of nitrogens with zero attached hydrogens (tertiary/aromatic N) is 1. The normalized spacial score (nSPS) is 25.1. The van der Waals surface area contributed by atoms with Crippen LogP contribution in [0.25, 0.3) is 0 Å². The molecule has 1 N–H and O–H groups in total. The zero-order chi connectivity index (χ0) is 18.9. The Morgan fingerprint density at radius 1 is 1.15 bits per heavy atom. The van der Waals surface area contributed by atoms with Gasteiger partial charge in [-0.05, 0) is 64.2 Å². The Morgan fingerprint density at radius 3 is 2.27 bits per heavy atom. The first-order chi connectivity index (χ1) is 12.2. The molecule has 0 aliphatic carbocycles. The van der Waals surface area contributed by atoms with Crippen LogP contribution >= 0.6 is 0 Å². The van der Waals surface area contributed by atoms with E-state index in [1.807, 2.05) is 25.7 Å². The summed E-state index contributed by atoms with van der Waals surface area (Å²) in [5, 5.41) is 3.08. The van der Waals surface area contributed by atoms with Crippen molar-refractivity contribution < 1.29 is 18.7 Å². The maximum atomic E-state index is 13.0. The van der Waals surface area contributed by atoms with Crippen molar-refractivity contribution in [2.75, 3.05) is 0 Å². The van der Waals surface area contributed by atoms with Gasteiger partial charge in [0.2, 0.25) is 5.91 Å². The molecular weight excluding hydrogens is 335 g/mol. The Morgan fingerprint density at radius 2 is 1.73 bits per heavy atom. The van der Waals surface area contributed by atoms with Gasteiger partial charge in [-0.1, -0.05) is 12.1 Å². The molecule has 6 heteroatoms. The number of rotatable bonds is 3. The van der Waals surface area contributed by atoms with Crippen LogP contribution in [0.5, 0.6) is 0 Å². The quantitative estimate of drug-likeness (QED) is 0.896. The number of ether oxygens (including phenoxy) is 1. The van der Waals surface area contributed by atoms with Crippen molar-refractivity contribution in [3.8, 4) is 0 Å². The Labute approximate surface area is 153 Å². The molecule has 2 amide bonds. The van der Waals surface area contributed by atoms with Crippen LogP contribution in [-0.4, -0.2) is 40.6 Å². The van der Waals surface area contributed by atoms with E-state index in [2.05, 4.69) is 5.32 Å². The Balaban J connectivity index is 1.54. The molecule has 2 atom stereocenters. The first-order valence-corrected chi connectivity index (χ1v) is 9.26. The molecule has 3 rings (SSSR count). The smallest absolute Gasteiger partial charge is 0.410 e. The maximum Gasteiger partial charge on any atom is 0.410 e. The molecule has 1 aromatic rings. The van der Waals surface area contributed by atoms with E-state index in [9.17, 15) is 14.0 Å². The second kappa shape index (κ2) is 7.25. The van der Waals surface area contributed by atoms with Crippen LogP contribution in [0, 0.1) is 5.82 Å². The average Bonchev–Trinajstić information content (AvgIpc) is 2.80. The first kappa shape index (κ1) is 18.7. The molecule has 142 valence electrons. The van der Waals surface area contributed by atoms with Gasteiger partial charge in [-0.2, -0.15) is 0 Å². The van der Waals surface area contributed by atoms with E-state index in [0.717, 1.165) is 31.2 Å². The monoisotopic (exact) mass is 362 g/mol. The lowest BCUT2D eigenvalue weighted by Crippen LogP contribution is -2.53. The van der Waals surface area contributed by atoms with Crippen molar-refractivity contribution in [3.05, 3.63) is 35.6 Å². The number of hydrogen-bond acceptors (Lipinski definition) is 3. The van der Waals surface area contributed by atoms with Gasteiger partial charge < -0.3 is 15.0 Å². The van der Waals surface area contributed by atoms with E-state index < -0.39 is 5.60 Å². The highest BCUT2D eigenvalue weighted by atomic mass is 19.1. The first-order valence-electron chi connectivity index (χ1n) is 9.26. The van der Waals surface area contributed by atoms with Crippen molar-refractivity contribution in [3.63, 3.8) is 0 Å². The molecule has 0 spiro atoms. The fourth-order valence-electron chi connectivity index (χ4n) is 3.97. The summed E-state index contributed by atoms with van der Waals surface area (Å²) < 4.78 is 18.5. The third-order valence-electron chi connectivity index (χ3n) is 4.98. The minimum Gasteiger partial charge on any atom is -0.444 e. The lowest BCUT2D eigenvalue weighted by Gasteiger charge is -2.39. The number of piperidine rings is 1. The highest BCUT2D eigenvalue weighted by Gasteiger charge is 2.45. The number of amides is 2. The van der Waals surface area contributed by atoms with E-state index in [1.54, 1.807) is 12.1 Å². The summed E-state index contributed by atoms with van der Waals surface area (Å²) in [6.45, 7) is 5.61. The van der Waals surface area contributed by atoms with E-state index in [4.69, 9.17) is 4.74 Å². The van der Waals surface area contributed by atoms with Gasteiger partial charge >= 0.3 is 6.09 Å². The second-order valence-corrected chi connectivity index (χ2v) is 8.31. The highest BCUT2D eigenvalue weighted by Crippen LogP contribution is 2.36. The highest BCUT2D eigenvalue weighted by molar-refractivity contribution is 5.79. The molecule has 1 aromatic carbocycles. The molecule has 0 radical (unpaired) electrons. The van der Waals surface area contributed by atoms with Gasteiger partial charge in [-0.15, -0.1) is 0 Å².